The van der Waals surface area contributed by atoms with Crippen molar-refractivity contribution in [3.8, 4) is 0 Å². The Morgan fingerprint density at radius 3 is 2.37 bits per heavy atom. The Morgan fingerprint density at radius 2 is 1.68 bits per heavy atom. The molecule has 3 heterocycles. The first-order valence-corrected chi connectivity index (χ1v) is 24.7. The van der Waals surface area contributed by atoms with Crippen LogP contribution in [0.25, 0.3) is 0 Å². The minimum absolute atomic E-state index is 0.0195. The fourth-order valence-corrected chi connectivity index (χ4v) is 10.1. The Kier molecular flexibility index (Phi) is 22.3. The number of carboxylic acid groups (broad SMARTS) is 1. The molecule has 14 atom stereocenters. The van der Waals surface area contributed by atoms with Crippen LogP contribution in [0.5, 0.6) is 0 Å². The number of ketones is 2. The van der Waals surface area contributed by atoms with E-state index in [0.717, 1.165) is 5.57 Å². The number of hydrogen-bond acceptors (Lipinski definition) is 14. The molecule has 1 saturated carbocycles. The van der Waals surface area contributed by atoms with E-state index in [1.165, 1.54) is 12.0 Å². The number of aliphatic hydroxyl groups excluding tert-OH is 2. The monoisotopic (exact) mass is 957 g/mol. The first-order valence-electron chi connectivity index (χ1n) is 24.7. The summed E-state index contributed by atoms with van der Waals surface area (Å²) in [4.78, 5) is 74.9. The third-order valence-corrected chi connectivity index (χ3v) is 14.5. The van der Waals surface area contributed by atoms with E-state index in [9.17, 15) is 44.4 Å². The summed E-state index contributed by atoms with van der Waals surface area (Å²) in [5.41, 5.74) is 1.72. The number of amides is 1. The lowest BCUT2D eigenvalue weighted by atomic mass is 9.78. The SMILES string of the molecule is CO[C@@H]1C[C@H](C[C@@H](C)[C@@H]2C/C(=N/OCC(=O)O)[C@H](C)/C=C(\C)[C@@H](O)[C@@H](OC)C(=O)[C@H](C)C[C@H](C)/C=C/C=C/C=C(\C)CC[C@@H]3CC[C@@H](C)[C@@](O)(O3)C(=O)C(=O)N3CCCCC3C(=O)O2)CC[C@H]1O. The van der Waals surface area contributed by atoms with Gasteiger partial charge in [-0.2, -0.15) is 0 Å². The normalized spacial score (nSPS) is 38.5. The largest absolute Gasteiger partial charge is 0.479 e. The van der Waals surface area contributed by atoms with E-state index in [0.29, 0.717) is 76.2 Å². The number of cyclic esters (lactones) is 1. The molecule has 0 radical (unpaired) electrons. The van der Waals surface area contributed by atoms with Gasteiger partial charge in [-0.25, -0.2) is 9.59 Å². The highest BCUT2D eigenvalue weighted by Gasteiger charge is 2.53. The lowest BCUT2D eigenvalue weighted by Crippen LogP contribution is -2.60. The van der Waals surface area contributed by atoms with Crippen molar-refractivity contribution in [1.82, 2.24) is 4.90 Å². The van der Waals surface area contributed by atoms with Gasteiger partial charge in [0, 0.05) is 44.9 Å². The van der Waals surface area contributed by atoms with Gasteiger partial charge in [0.25, 0.3) is 11.7 Å². The average Bonchev–Trinajstić information content (AvgIpc) is 3.30. The fraction of sp³-hybridized carbons (Fsp3) is 0.731. The topological polar surface area (TPSA) is 228 Å². The maximum Gasteiger partial charge on any atom is 0.344 e. The number of esters is 1. The molecule has 2 bridgehead atoms. The molecule has 0 spiro atoms. The van der Waals surface area contributed by atoms with Crippen LogP contribution in [-0.2, 0) is 47.8 Å². The fourth-order valence-electron chi connectivity index (χ4n) is 10.1. The Balaban J connectivity index is 1.77. The smallest absolute Gasteiger partial charge is 0.344 e. The number of methoxy groups -OCH3 is 2. The van der Waals surface area contributed by atoms with Gasteiger partial charge in [0.1, 0.15) is 24.4 Å². The first kappa shape index (κ1) is 56.5. The molecule has 0 aromatic carbocycles. The molecule has 3 aliphatic heterocycles. The van der Waals surface area contributed by atoms with Crippen molar-refractivity contribution in [2.45, 2.75) is 180 Å². The molecule has 4 rings (SSSR count). The zero-order valence-corrected chi connectivity index (χ0v) is 41.8. The van der Waals surface area contributed by atoms with Crippen molar-refractivity contribution >= 4 is 35.1 Å². The van der Waals surface area contributed by atoms with Gasteiger partial charge in [-0.15, -0.1) is 0 Å². The number of carboxylic acids is 1. The molecule has 3 fully saturated rings. The molecule has 1 amide bonds. The molecule has 4 N–H and O–H groups in total. The Hall–Kier alpha value is -4.06. The van der Waals surface area contributed by atoms with Crippen LogP contribution in [0.1, 0.15) is 132 Å². The van der Waals surface area contributed by atoms with E-state index in [1.807, 2.05) is 58.1 Å². The number of ether oxygens (including phenoxy) is 4. The zero-order valence-electron chi connectivity index (χ0n) is 41.8. The van der Waals surface area contributed by atoms with E-state index in [1.54, 1.807) is 34.0 Å². The third-order valence-electron chi connectivity index (χ3n) is 14.5. The number of piperidine rings is 1. The quantitative estimate of drug-likeness (QED) is 0.0889. The maximum atomic E-state index is 14.6. The highest BCUT2D eigenvalue weighted by atomic mass is 16.6. The Labute approximate surface area is 403 Å². The lowest BCUT2D eigenvalue weighted by Gasteiger charge is -2.42. The van der Waals surface area contributed by atoms with Crippen molar-refractivity contribution in [2.24, 2.45) is 40.7 Å². The molecule has 1 aliphatic carbocycles. The summed E-state index contributed by atoms with van der Waals surface area (Å²) >= 11 is 0. The molecule has 2 saturated heterocycles. The summed E-state index contributed by atoms with van der Waals surface area (Å²) in [7, 11) is 2.93. The molecule has 1 unspecified atom stereocenters. The minimum Gasteiger partial charge on any atom is -0.479 e. The van der Waals surface area contributed by atoms with Crippen LogP contribution in [0.2, 0.25) is 0 Å². The highest BCUT2D eigenvalue weighted by Crippen LogP contribution is 2.37. The van der Waals surface area contributed by atoms with Crippen LogP contribution in [0.4, 0.5) is 0 Å². The highest BCUT2D eigenvalue weighted by molar-refractivity contribution is 6.39. The van der Waals surface area contributed by atoms with Crippen molar-refractivity contribution in [1.29, 1.82) is 0 Å². The summed E-state index contributed by atoms with van der Waals surface area (Å²) in [5, 5.41) is 47.8. The van der Waals surface area contributed by atoms with Gasteiger partial charge in [0.15, 0.2) is 5.78 Å². The molecule has 0 aromatic rings. The standard InChI is InChI=1S/C52H80N2O14/c1-31-15-11-10-12-16-32(2)25-35(5)46(58)48(65-9)47(59)36(6)26-33(3)40(53-66-30-45(56)57)29-43(34(4)27-38-20-23-42(55)44(28-38)64-8)67-51(62)41-17-13-14-24-54(41)50(61)49(60)52(63)37(7)19-22-39(68-52)21-18-31/h10-12,15-16,26,32-35,37-39,41-44,47-48,55,59,63H,13-14,17-25,27-30H2,1-9H3,(H,56,57)/b11-10+,16-12+,31-15+,36-26+,53-40-/t32-,33-,34-,35-,37-,38+,39-,41?,42-,43+,44-,47-,48+,52-/m1/s1. The van der Waals surface area contributed by atoms with Crippen LogP contribution in [0.15, 0.2) is 52.8 Å². The minimum atomic E-state index is -2.39. The summed E-state index contributed by atoms with van der Waals surface area (Å²) < 4.78 is 23.7. The number of fused-ring (bicyclic) bond motifs is 3. The summed E-state index contributed by atoms with van der Waals surface area (Å²) in [6.45, 7) is 12.1. The van der Waals surface area contributed by atoms with E-state index in [4.69, 9.17) is 23.8 Å². The van der Waals surface area contributed by atoms with Crippen molar-refractivity contribution in [2.75, 3.05) is 27.4 Å². The van der Waals surface area contributed by atoms with Crippen molar-refractivity contribution in [3.63, 3.8) is 0 Å². The van der Waals surface area contributed by atoms with Crippen molar-refractivity contribution in [3.05, 3.63) is 47.6 Å². The number of hydrogen-bond donors (Lipinski definition) is 4. The van der Waals surface area contributed by atoms with Crippen LogP contribution < -0.4 is 0 Å². The molecular weight excluding hydrogens is 877 g/mol. The summed E-state index contributed by atoms with van der Waals surface area (Å²) in [5.74, 6) is -8.87. The van der Waals surface area contributed by atoms with E-state index >= 15 is 0 Å². The molecule has 382 valence electrons. The Bertz CT molecular complexity index is 1880. The summed E-state index contributed by atoms with van der Waals surface area (Å²) in [6.07, 6.45) is 12.7. The van der Waals surface area contributed by atoms with Gasteiger partial charge >= 0.3 is 11.9 Å². The number of aliphatic hydroxyl groups is 3. The number of carbonyl (C=O) groups excluding carboxylic acids is 4. The van der Waals surface area contributed by atoms with Gasteiger partial charge < -0.3 is 49.1 Å². The second kappa shape index (κ2) is 26.8. The first-order chi connectivity index (χ1) is 32.2. The number of Topliss-reactive ketones (excluding diaryl/α,β-unsaturated/α-hetero) is 2. The molecule has 4 aliphatic rings. The average molecular weight is 957 g/mol. The summed E-state index contributed by atoms with van der Waals surface area (Å²) in [6, 6.07) is -1.16. The second-order valence-corrected chi connectivity index (χ2v) is 20.1. The van der Waals surface area contributed by atoms with Gasteiger partial charge in [-0.05, 0) is 114 Å². The molecule has 68 heavy (non-hydrogen) atoms. The maximum absolute atomic E-state index is 14.6. The predicted molar refractivity (Wildman–Crippen MR) is 255 cm³/mol. The number of carbonyl (C=O) groups is 5. The molecule has 16 heteroatoms. The molecular formula is C52H80N2O14. The number of rotatable bonds is 8. The number of oxime groups is 1. The molecule has 0 aromatic heterocycles. The molecule has 16 nitrogen and oxygen atoms in total. The van der Waals surface area contributed by atoms with Crippen LogP contribution in [0.3, 0.4) is 0 Å². The van der Waals surface area contributed by atoms with Crippen molar-refractivity contribution < 1.29 is 68.2 Å². The number of allylic oxidation sites excluding steroid dienone is 7. The van der Waals surface area contributed by atoms with Crippen LogP contribution in [0, 0.1) is 35.5 Å². The number of aliphatic carboxylic acids is 1. The van der Waals surface area contributed by atoms with E-state index in [-0.39, 0.29) is 54.7 Å². The van der Waals surface area contributed by atoms with Crippen LogP contribution in [-0.4, -0.2) is 136 Å². The Morgan fingerprint density at radius 1 is 0.941 bits per heavy atom. The van der Waals surface area contributed by atoms with Gasteiger partial charge in [0.05, 0.1) is 24.0 Å². The van der Waals surface area contributed by atoms with E-state index in [2.05, 4.69) is 5.16 Å². The predicted octanol–water partition coefficient (Wildman–Crippen LogP) is 6.44. The van der Waals surface area contributed by atoms with E-state index < -0.39 is 90.3 Å². The second-order valence-electron chi connectivity index (χ2n) is 20.1. The third kappa shape index (κ3) is 15.7. The lowest BCUT2D eigenvalue weighted by molar-refractivity contribution is -0.263. The van der Waals surface area contributed by atoms with Crippen LogP contribution >= 0.6 is 0 Å². The number of nitrogens with zero attached hydrogens (tertiary/aromatic N) is 2. The van der Waals surface area contributed by atoms with Gasteiger partial charge in [-0.1, -0.05) is 81.8 Å². The van der Waals surface area contributed by atoms with Gasteiger partial charge in [0.2, 0.25) is 12.4 Å². The van der Waals surface area contributed by atoms with Gasteiger partial charge in [-0.3, -0.25) is 14.4 Å². The zero-order chi connectivity index (χ0) is 50.3.